The van der Waals surface area contributed by atoms with Crippen molar-refractivity contribution < 1.29 is 22.1 Å². The summed E-state index contributed by atoms with van der Waals surface area (Å²) in [6.45, 7) is 0. The lowest BCUT2D eigenvalue weighted by molar-refractivity contribution is 0.528. The molecule has 0 bridgehead atoms. The summed E-state index contributed by atoms with van der Waals surface area (Å²) in [6.07, 6.45) is 1.85. The molecule has 1 heterocycles. The van der Waals surface area contributed by atoms with Crippen LogP contribution in [0.2, 0.25) is 0 Å². The molecule has 0 radical (unpaired) electrons. The van der Waals surface area contributed by atoms with Crippen LogP contribution in [0.25, 0.3) is 33.9 Å². The first kappa shape index (κ1) is 31.2. The normalized spacial score (nSPS) is 14.7. The van der Waals surface area contributed by atoms with Gasteiger partial charge in [-0.1, -0.05) is 109 Å². The molecule has 9 heteroatoms. The Bertz CT molecular complexity index is 2160. The average Bonchev–Trinajstić information content (AvgIpc) is 3.11. The average molecular weight is 660 g/mol. The van der Waals surface area contributed by atoms with E-state index in [1.165, 1.54) is 6.08 Å². The van der Waals surface area contributed by atoms with Gasteiger partial charge in [-0.25, -0.2) is 32.5 Å². The van der Waals surface area contributed by atoms with Gasteiger partial charge >= 0.3 is 0 Å². The topological polar surface area (TPSA) is 55.7 Å². The van der Waals surface area contributed by atoms with Crippen molar-refractivity contribution in [1.82, 2.24) is 15.0 Å². The molecule has 7 rings (SSSR count). The largest absolute Gasteiger partial charge is 0.309 e. The summed E-state index contributed by atoms with van der Waals surface area (Å²) in [6, 6.07) is 36.7. The van der Waals surface area contributed by atoms with Crippen molar-refractivity contribution in [2.45, 2.75) is 12.3 Å². The molecule has 1 aliphatic carbocycles. The van der Waals surface area contributed by atoms with Gasteiger partial charge in [-0.3, -0.25) is 0 Å². The van der Waals surface area contributed by atoms with Gasteiger partial charge < -0.3 is 4.57 Å². The first-order valence-electron chi connectivity index (χ1n) is 15.1. The quantitative estimate of drug-likeness (QED) is 0.127. The summed E-state index contributed by atoms with van der Waals surface area (Å²) < 4.78 is 71.3. The summed E-state index contributed by atoms with van der Waals surface area (Å²) >= 11 is 0. The van der Waals surface area contributed by atoms with Crippen molar-refractivity contribution in [3.05, 3.63) is 169 Å². The Morgan fingerprint density at radius 1 is 0.542 bits per heavy atom. The van der Waals surface area contributed by atoms with E-state index in [4.69, 9.17) is 0 Å². The zero-order chi connectivity index (χ0) is 33.3. The molecular weight excluding hydrogens is 633 g/mol. The Balaban J connectivity index is 1.23. The molecule has 1 aliphatic rings. The first-order chi connectivity index (χ1) is 23.3. The second-order valence-electron chi connectivity index (χ2n) is 11.4. The van der Waals surface area contributed by atoms with Crippen LogP contribution in [0.3, 0.4) is 0 Å². The van der Waals surface area contributed by atoms with Crippen molar-refractivity contribution in [3.63, 3.8) is 0 Å². The van der Waals surface area contributed by atoms with Crippen LogP contribution in [0.4, 0.5) is 17.6 Å². The highest BCUT2D eigenvalue weighted by Gasteiger charge is 2.29. The van der Waals surface area contributed by atoms with Gasteiger partial charge in [0.25, 0.3) is 0 Å². The van der Waals surface area contributed by atoms with E-state index in [0.717, 1.165) is 46.0 Å². The fourth-order valence-electron chi connectivity index (χ4n) is 5.78. The monoisotopic (exact) mass is 659 g/mol. The minimum absolute atomic E-state index is 0.0295. The molecule has 1 atom stereocenters. The van der Waals surface area contributed by atoms with E-state index in [1.807, 2.05) is 97.1 Å². The molecule has 0 spiro atoms. The number of benzene rings is 5. The Labute approximate surface area is 274 Å². The van der Waals surface area contributed by atoms with Gasteiger partial charge in [-0.15, -0.1) is 0 Å². The van der Waals surface area contributed by atoms with Gasteiger partial charge in [0.2, 0.25) is 0 Å². The Morgan fingerprint density at radius 3 is 1.56 bits per heavy atom. The lowest BCUT2D eigenvalue weighted by atomic mass is 9.98. The van der Waals surface area contributed by atoms with Crippen LogP contribution in [0, 0.1) is 11.6 Å². The second kappa shape index (κ2) is 13.0. The number of rotatable bonds is 7. The SMILES string of the molecule is O=P(c1ccccc1)(c1ccccc1)c1ccc(-c2ccc(-c3nc(-c4cc(F)cc(F)c4)nc(C4C=C(F)C=C(F)C4)n3)cc2)cc1. The third kappa shape index (κ3) is 6.27. The molecule has 48 heavy (non-hydrogen) atoms. The molecule has 0 aliphatic heterocycles. The molecule has 0 saturated carbocycles. The van der Waals surface area contributed by atoms with E-state index in [2.05, 4.69) is 15.0 Å². The van der Waals surface area contributed by atoms with E-state index < -0.39 is 36.3 Å². The summed E-state index contributed by atoms with van der Waals surface area (Å²) in [4.78, 5) is 13.4. The molecule has 5 aromatic carbocycles. The zero-order valence-electron chi connectivity index (χ0n) is 25.3. The number of aromatic nitrogens is 3. The Morgan fingerprint density at radius 2 is 1.02 bits per heavy atom. The van der Waals surface area contributed by atoms with Gasteiger partial charge in [0.05, 0.1) is 0 Å². The Hall–Kier alpha value is -5.46. The predicted molar refractivity (Wildman–Crippen MR) is 181 cm³/mol. The first-order valence-corrected chi connectivity index (χ1v) is 16.9. The zero-order valence-corrected chi connectivity index (χ0v) is 26.2. The van der Waals surface area contributed by atoms with E-state index in [9.17, 15) is 22.1 Å². The molecule has 0 saturated heterocycles. The van der Waals surface area contributed by atoms with Crippen molar-refractivity contribution in [3.8, 4) is 33.9 Å². The molecule has 0 amide bonds. The van der Waals surface area contributed by atoms with Crippen molar-refractivity contribution >= 4 is 23.1 Å². The van der Waals surface area contributed by atoms with Crippen LogP contribution in [0.15, 0.2) is 151 Å². The molecule has 0 fully saturated rings. The van der Waals surface area contributed by atoms with Gasteiger partial charge in [0, 0.05) is 51.5 Å². The second-order valence-corrected chi connectivity index (χ2v) is 14.1. The van der Waals surface area contributed by atoms with Crippen LogP contribution in [-0.4, -0.2) is 15.0 Å². The fraction of sp³-hybridized carbons (Fsp3) is 0.0513. The number of hydrogen-bond donors (Lipinski definition) is 0. The van der Waals surface area contributed by atoms with E-state index in [0.29, 0.717) is 10.9 Å². The molecule has 0 N–H and O–H groups in total. The predicted octanol–water partition coefficient (Wildman–Crippen LogP) is 8.98. The van der Waals surface area contributed by atoms with Crippen molar-refractivity contribution in [2.75, 3.05) is 0 Å². The molecule has 236 valence electrons. The van der Waals surface area contributed by atoms with Gasteiger partial charge in [0.1, 0.15) is 29.1 Å². The lowest BCUT2D eigenvalue weighted by Crippen LogP contribution is -2.24. The highest BCUT2D eigenvalue weighted by Crippen LogP contribution is 2.42. The maximum Gasteiger partial charge on any atom is 0.171 e. The van der Waals surface area contributed by atoms with Gasteiger partial charge in [0.15, 0.2) is 18.8 Å². The maximum absolute atomic E-state index is 14.7. The Kier molecular flexibility index (Phi) is 8.42. The highest BCUT2D eigenvalue weighted by molar-refractivity contribution is 7.85. The minimum atomic E-state index is -3.12. The summed E-state index contributed by atoms with van der Waals surface area (Å²) in [5, 5.41) is 2.20. The van der Waals surface area contributed by atoms with Crippen molar-refractivity contribution in [1.29, 1.82) is 0 Å². The molecule has 6 aromatic rings. The highest BCUT2D eigenvalue weighted by atomic mass is 31.2. The lowest BCUT2D eigenvalue weighted by Gasteiger charge is -2.20. The van der Waals surface area contributed by atoms with Gasteiger partial charge in [-0.2, -0.15) is 0 Å². The third-order valence-corrected chi connectivity index (χ3v) is 11.2. The minimum Gasteiger partial charge on any atom is -0.309 e. The number of allylic oxidation sites excluding steroid dienone is 4. The molecule has 1 unspecified atom stereocenters. The van der Waals surface area contributed by atoms with E-state index in [1.54, 1.807) is 12.1 Å². The van der Waals surface area contributed by atoms with Gasteiger partial charge in [-0.05, 0) is 29.3 Å². The smallest absolute Gasteiger partial charge is 0.171 e. The van der Waals surface area contributed by atoms with Crippen LogP contribution >= 0.6 is 7.14 Å². The third-order valence-electron chi connectivity index (χ3n) is 8.12. The number of halogens is 4. The van der Waals surface area contributed by atoms with Crippen LogP contribution in [0.1, 0.15) is 18.2 Å². The summed E-state index contributed by atoms with van der Waals surface area (Å²) in [5.41, 5.74) is 2.38. The van der Waals surface area contributed by atoms with Crippen LogP contribution in [0.5, 0.6) is 0 Å². The summed E-state index contributed by atoms with van der Waals surface area (Å²) in [7, 11) is -3.12. The fourth-order valence-corrected chi connectivity index (χ4v) is 8.43. The number of nitrogens with zero attached hydrogens (tertiary/aromatic N) is 3. The molecule has 4 nitrogen and oxygen atoms in total. The van der Waals surface area contributed by atoms with E-state index in [-0.39, 0.29) is 29.5 Å². The van der Waals surface area contributed by atoms with Crippen molar-refractivity contribution in [2.24, 2.45) is 0 Å². The van der Waals surface area contributed by atoms with E-state index >= 15 is 0 Å². The standard InChI is InChI=1S/C39H26F4N3OP/c40-30-19-28(20-31(41)23-30)38-44-37(45-39(46-38)29-21-32(42)24-33(43)22-29)27-13-11-25(12-14-27)26-15-17-36(18-16-26)48(47,34-7-3-1-4-8-34)35-9-5-2-6-10-35/h1-21,23-24,29H,22H2. The number of hydrogen-bond acceptors (Lipinski definition) is 4. The molecule has 1 aromatic heterocycles. The van der Waals surface area contributed by atoms with Crippen LogP contribution < -0.4 is 15.9 Å². The maximum atomic E-state index is 14.7. The molecular formula is C39H26F4N3OP. The van der Waals surface area contributed by atoms with Crippen LogP contribution in [-0.2, 0) is 4.57 Å². The summed E-state index contributed by atoms with van der Waals surface area (Å²) in [5.74, 6) is -3.68.